The fourth-order valence-electron chi connectivity index (χ4n) is 3.82. The van der Waals surface area contributed by atoms with Crippen LogP contribution in [0.25, 0.3) is 11.1 Å². The molecule has 1 fully saturated rings. The Morgan fingerprint density at radius 2 is 1.94 bits per heavy atom. The van der Waals surface area contributed by atoms with Crippen molar-refractivity contribution in [1.82, 2.24) is 15.2 Å². The maximum atomic E-state index is 12.2. The molecule has 2 heterocycles. The lowest BCUT2D eigenvalue weighted by Gasteiger charge is -2.29. The number of anilines is 2. The lowest BCUT2D eigenvalue weighted by Crippen LogP contribution is -2.43. The second-order valence-corrected chi connectivity index (χ2v) is 8.72. The topological polar surface area (TPSA) is 77.6 Å². The molecule has 4 rings (SSSR count). The van der Waals surface area contributed by atoms with E-state index in [4.69, 9.17) is 0 Å². The highest BCUT2D eigenvalue weighted by atomic mass is 32.1. The van der Waals surface area contributed by atoms with Gasteiger partial charge in [-0.2, -0.15) is 0 Å². The van der Waals surface area contributed by atoms with E-state index in [1.165, 1.54) is 21.9 Å². The number of nitrogens with one attached hydrogen (secondary N) is 2. The van der Waals surface area contributed by atoms with E-state index in [2.05, 4.69) is 56.9 Å². The number of rotatable bonds is 8. The second-order valence-electron chi connectivity index (χ2n) is 7.82. The predicted molar refractivity (Wildman–Crippen MR) is 129 cm³/mol. The van der Waals surface area contributed by atoms with Crippen molar-refractivity contribution < 1.29 is 9.59 Å². The molecule has 2 amide bonds. The summed E-state index contributed by atoms with van der Waals surface area (Å²) >= 11 is 1.35. The van der Waals surface area contributed by atoms with Crippen molar-refractivity contribution in [2.24, 2.45) is 0 Å². The SMILES string of the molecule is Cc1cc(-c2ccc(N3CCNCC3)cc2)ccc1CN(C=O)CC(=O)Nc1nccs1. The van der Waals surface area contributed by atoms with E-state index in [1.807, 2.05) is 13.0 Å². The highest BCUT2D eigenvalue weighted by molar-refractivity contribution is 7.13. The molecule has 1 aliphatic heterocycles. The van der Waals surface area contributed by atoms with Crippen LogP contribution in [0.2, 0.25) is 0 Å². The molecular weight excluding hydrogens is 422 g/mol. The number of carbonyl (C=O) groups is 2. The van der Waals surface area contributed by atoms with Crippen LogP contribution in [0.5, 0.6) is 0 Å². The molecule has 0 aliphatic carbocycles. The number of thiazole rings is 1. The molecule has 8 heteroatoms. The van der Waals surface area contributed by atoms with Crippen LogP contribution in [0.3, 0.4) is 0 Å². The van der Waals surface area contributed by atoms with E-state index >= 15 is 0 Å². The average molecular weight is 450 g/mol. The zero-order valence-corrected chi connectivity index (χ0v) is 18.9. The first-order chi connectivity index (χ1) is 15.6. The van der Waals surface area contributed by atoms with Crippen molar-refractivity contribution in [2.75, 3.05) is 42.9 Å². The number of aromatic nitrogens is 1. The van der Waals surface area contributed by atoms with Gasteiger partial charge < -0.3 is 20.4 Å². The minimum atomic E-state index is -0.258. The van der Waals surface area contributed by atoms with Gasteiger partial charge in [0.05, 0.1) is 0 Å². The number of piperazine rings is 1. The van der Waals surface area contributed by atoms with E-state index in [1.54, 1.807) is 11.6 Å². The van der Waals surface area contributed by atoms with Gasteiger partial charge in [-0.15, -0.1) is 11.3 Å². The Morgan fingerprint density at radius 3 is 2.59 bits per heavy atom. The molecule has 1 aliphatic rings. The molecule has 32 heavy (non-hydrogen) atoms. The Bertz CT molecular complexity index is 1050. The van der Waals surface area contributed by atoms with Crippen LogP contribution in [-0.4, -0.2) is 54.9 Å². The van der Waals surface area contributed by atoms with Crippen LogP contribution < -0.4 is 15.5 Å². The maximum Gasteiger partial charge on any atom is 0.245 e. The third-order valence-electron chi connectivity index (χ3n) is 5.57. The molecule has 7 nitrogen and oxygen atoms in total. The fraction of sp³-hybridized carbons (Fsp3) is 0.292. The van der Waals surface area contributed by atoms with Gasteiger partial charge in [0.25, 0.3) is 0 Å². The summed E-state index contributed by atoms with van der Waals surface area (Å²) in [6.07, 6.45) is 2.34. The predicted octanol–water partition coefficient (Wildman–Crippen LogP) is 3.13. The van der Waals surface area contributed by atoms with E-state index in [0.29, 0.717) is 18.1 Å². The van der Waals surface area contributed by atoms with Crippen LogP contribution in [0.4, 0.5) is 10.8 Å². The Kier molecular flexibility index (Phi) is 7.14. The Labute approximate surface area is 192 Å². The summed E-state index contributed by atoms with van der Waals surface area (Å²) < 4.78 is 0. The number of amides is 2. The van der Waals surface area contributed by atoms with E-state index in [0.717, 1.165) is 48.4 Å². The van der Waals surface area contributed by atoms with Crippen molar-refractivity contribution in [3.63, 3.8) is 0 Å². The minimum absolute atomic E-state index is 0.0161. The molecule has 0 saturated carbocycles. The summed E-state index contributed by atoms with van der Waals surface area (Å²) in [6.45, 7) is 6.50. The van der Waals surface area contributed by atoms with Gasteiger partial charge in [-0.05, 0) is 41.3 Å². The van der Waals surface area contributed by atoms with Gasteiger partial charge in [0.1, 0.15) is 6.54 Å². The third kappa shape index (κ3) is 5.52. The smallest absolute Gasteiger partial charge is 0.245 e. The number of nitrogens with zero attached hydrogens (tertiary/aromatic N) is 3. The van der Waals surface area contributed by atoms with Crippen molar-refractivity contribution in [1.29, 1.82) is 0 Å². The Morgan fingerprint density at radius 1 is 1.19 bits per heavy atom. The second kappa shape index (κ2) is 10.4. The first-order valence-electron chi connectivity index (χ1n) is 10.7. The van der Waals surface area contributed by atoms with Gasteiger partial charge in [-0.3, -0.25) is 9.59 Å². The summed E-state index contributed by atoms with van der Waals surface area (Å²) in [7, 11) is 0. The minimum Gasteiger partial charge on any atom is -0.369 e. The Balaban J connectivity index is 1.39. The lowest BCUT2D eigenvalue weighted by molar-refractivity contribution is -0.125. The number of benzene rings is 2. The van der Waals surface area contributed by atoms with Crippen molar-refractivity contribution >= 4 is 34.5 Å². The largest absolute Gasteiger partial charge is 0.369 e. The number of hydrogen-bond acceptors (Lipinski definition) is 6. The summed E-state index contributed by atoms with van der Waals surface area (Å²) in [6, 6.07) is 14.9. The third-order valence-corrected chi connectivity index (χ3v) is 6.26. The van der Waals surface area contributed by atoms with E-state index in [9.17, 15) is 9.59 Å². The molecule has 3 aromatic rings. The van der Waals surface area contributed by atoms with Crippen LogP contribution >= 0.6 is 11.3 Å². The van der Waals surface area contributed by atoms with E-state index in [-0.39, 0.29) is 12.5 Å². The van der Waals surface area contributed by atoms with Gasteiger partial charge in [-0.1, -0.05) is 30.3 Å². The van der Waals surface area contributed by atoms with E-state index < -0.39 is 0 Å². The summed E-state index contributed by atoms with van der Waals surface area (Å²) in [5, 5.41) is 8.41. The number of hydrogen-bond donors (Lipinski definition) is 2. The first kappa shape index (κ1) is 22.0. The van der Waals surface area contributed by atoms with Gasteiger partial charge in [0, 0.05) is 50.0 Å². The molecule has 0 bridgehead atoms. The van der Waals surface area contributed by atoms with Crippen LogP contribution in [-0.2, 0) is 16.1 Å². The number of aryl methyl sites for hydroxylation is 1. The van der Waals surface area contributed by atoms with Gasteiger partial charge >= 0.3 is 0 Å². The molecule has 0 atom stereocenters. The van der Waals surface area contributed by atoms with Gasteiger partial charge in [0.15, 0.2) is 5.13 Å². The monoisotopic (exact) mass is 449 g/mol. The van der Waals surface area contributed by atoms with Crippen molar-refractivity contribution in [2.45, 2.75) is 13.5 Å². The molecule has 0 radical (unpaired) electrons. The molecule has 2 aromatic carbocycles. The normalized spacial score (nSPS) is 13.6. The van der Waals surface area contributed by atoms with Gasteiger partial charge in [-0.25, -0.2) is 4.98 Å². The quantitative estimate of drug-likeness (QED) is 0.517. The highest BCUT2D eigenvalue weighted by Crippen LogP contribution is 2.26. The van der Waals surface area contributed by atoms with Crippen LogP contribution in [0.15, 0.2) is 54.0 Å². The van der Waals surface area contributed by atoms with Crippen molar-refractivity contribution in [3.8, 4) is 11.1 Å². The fourth-order valence-corrected chi connectivity index (χ4v) is 4.36. The lowest BCUT2D eigenvalue weighted by atomic mass is 9.99. The molecular formula is C24H27N5O2S. The van der Waals surface area contributed by atoms with Crippen LogP contribution in [0.1, 0.15) is 11.1 Å². The molecule has 0 unspecified atom stereocenters. The van der Waals surface area contributed by atoms with Crippen molar-refractivity contribution in [3.05, 3.63) is 65.2 Å². The average Bonchev–Trinajstić information content (AvgIpc) is 3.33. The Hall–Kier alpha value is -3.23. The first-order valence-corrected chi connectivity index (χ1v) is 11.5. The zero-order chi connectivity index (χ0) is 22.3. The summed E-state index contributed by atoms with van der Waals surface area (Å²) in [4.78, 5) is 31.6. The standard InChI is InChI=1S/C24H27N5O2S/c1-18-14-20(19-4-6-22(7-5-19)29-11-8-25-9-12-29)2-3-21(18)15-28(17-30)16-23(31)27-24-26-10-13-32-24/h2-7,10,13-14,17,25H,8-9,11-12,15-16H2,1H3,(H,26,27,31). The summed E-state index contributed by atoms with van der Waals surface area (Å²) in [5.41, 5.74) is 5.65. The highest BCUT2D eigenvalue weighted by Gasteiger charge is 2.13. The van der Waals surface area contributed by atoms with Gasteiger partial charge in [0.2, 0.25) is 12.3 Å². The molecule has 1 aromatic heterocycles. The zero-order valence-electron chi connectivity index (χ0n) is 18.1. The molecule has 0 spiro atoms. The summed E-state index contributed by atoms with van der Waals surface area (Å²) in [5.74, 6) is -0.258. The van der Waals surface area contributed by atoms with Crippen LogP contribution in [0, 0.1) is 6.92 Å². The molecule has 2 N–H and O–H groups in total. The molecule has 166 valence electrons. The molecule has 1 saturated heterocycles. The number of carbonyl (C=O) groups excluding carboxylic acids is 2. The maximum absolute atomic E-state index is 12.2.